The van der Waals surface area contributed by atoms with Crippen molar-refractivity contribution < 1.29 is 0 Å². The van der Waals surface area contributed by atoms with Gasteiger partial charge < -0.3 is 5.73 Å². The van der Waals surface area contributed by atoms with E-state index in [1.807, 2.05) is 0 Å². The fraction of sp³-hybridized carbons (Fsp3) is 1.00. The number of likely N-dealkylation sites (tertiary alicyclic amines) is 1. The molecule has 0 amide bonds. The van der Waals surface area contributed by atoms with Gasteiger partial charge in [0.2, 0.25) is 0 Å². The third-order valence-corrected chi connectivity index (χ3v) is 3.12. The van der Waals surface area contributed by atoms with E-state index in [2.05, 4.69) is 32.6 Å². The molecule has 0 saturated carbocycles. The molecule has 12 heavy (non-hydrogen) atoms. The molecule has 1 aliphatic heterocycles. The van der Waals surface area contributed by atoms with Gasteiger partial charge in [-0.15, -0.1) is 0 Å². The normalized spacial score (nSPS) is 36.8. The van der Waals surface area contributed by atoms with Gasteiger partial charge in [0, 0.05) is 24.7 Å². The molecule has 1 heterocycles. The number of hydrogen-bond donors (Lipinski definition) is 1. The SMILES string of the molecule is CC1CC(C)N(C(C)C(C)N)C1. The Hall–Kier alpha value is -0.0800. The number of nitrogens with two attached hydrogens (primary N) is 1. The van der Waals surface area contributed by atoms with Gasteiger partial charge in [0.1, 0.15) is 0 Å². The second kappa shape index (κ2) is 3.75. The van der Waals surface area contributed by atoms with Crippen LogP contribution in [0.2, 0.25) is 0 Å². The Morgan fingerprint density at radius 1 is 1.33 bits per heavy atom. The van der Waals surface area contributed by atoms with Crippen LogP contribution in [0.15, 0.2) is 0 Å². The van der Waals surface area contributed by atoms with Crippen LogP contribution in [0.1, 0.15) is 34.1 Å². The van der Waals surface area contributed by atoms with E-state index in [1.165, 1.54) is 13.0 Å². The molecule has 2 heteroatoms. The lowest BCUT2D eigenvalue weighted by molar-refractivity contribution is 0.180. The van der Waals surface area contributed by atoms with Crippen LogP contribution in [0, 0.1) is 5.92 Å². The summed E-state index contributed by atoms with van der Waals surface area (Å²) in [7, 11) is 0. The molecule has 0 spiro atoms. The largest absolute Gasteiger partial charge is 0.327 e. The van der Waals surface area contributed by atoms with Crippen molar-refractivity contribution in [2.45, 2.75) is 52.2 Å². The molecule has 0 aromatic heterocycles. The van der Waals surface area contributed by atoms with Crippen molar-refractivity contribution >= 4 is 0 Å². The molecule has 1 fully saturated rings. The Balaban J connectivity index is 2.51. The maximum absolute atomic E-state index is 5.88. The summed E-state index contributed by atoms with van der Waals surface area (Å²) in [6, 6.07) is 1.55. The Morgan fingerprint density at radius 2 is 1.92 bits per heavy atom. The van der Waals surface area contributed by atoms with E-state index in [4.69, 9.17) is 5.73 Å². The van der Waals surface area contributed by atoms with Crippen LogP contribution in [0.5, 0.6) is 0 Å². The van der Waals surface area contributed by atoms with Crippen LogP contribution < -0.4 is 5.73 Å². The lowest BCUT2D eigenvalue weighted by Crippen LogP contribution is -2.45. The highest BCUT2D eigenvalue weighted by atomic mass is 15.2. The first-order chi connectivity index (χ1) is 5.52. The monoisotopic (exact) mass is 170 g/mol. The zero-order valence-electron chi connectivity index (χ0n) is 8.75. The van der Waals surface area contributed by atoms with Gasteiger partial charge in [-0.1, -0.05) is 6.92 Å². The molecule has 1 saturated heterocycles. The minimum absolute atomic E-state index is 0.290. The lowest BCUT2D eigenvalue weighted by Gasteiger charge is -2.31. The molecule has 0 radical (unpaired) electrons. The third-order valence-electron chi connectivity index (χ3n) is 3.12. The van der Waals surface area contributed by atoms with Crippen molar-refractivity contribution in [3.8, 4) is 0 Å². The maximum atomic E-state index is 5.88. The highest BCUT2D eigenvalue weighted by Crippen LogP contribution is 2.24. The summed E-state index contributed by atoms with van der Waals surface area (Å²) in [6.07, 6.45) is 1.33. The van der Waals surface area contributed by atoms with Crippen molar-refractivity contribution in [1.82, 2.24) is 4.90 Å². The minimum atomic E-state index is 0.290. The third kappa shape index (κ3) is 1.99. The van der Waals surface area contributed by atoms with Crippen LogP contribution in [0.4, 0.5) is 0 Å². The molecule has 4 unspecified atom stereocenters. The van der Waals surface area contributed by atoms with Gasteiger partial charge >= 0.3 is 0 Å². The Morgan fingerprint density at radius 3 is 2.25 bits per heavy atom. The molecule has 1 rings (SSSR count). The molecule has 0 aromatic carbocycles. The fourth-order valence-electron chi connectivity index (χ4n) is 2.20. The molecular weight excluding hydrogens is 148 g/mol. The first-order valence-corrected chi connectivity index (χ1v) is 5.03. The van der Waals surface area contributed by atoms with Crippen molar-refractivity contribution in [3.63, 3.8) is 0 Å². The van der Waals surface area contributed by atoms with Gasteiger partial charge in [-0.25, -0.2) is 0 Å². The minimum Gasteiger partial charge on any atom is -0.327 e. The Kier molecular flexibility index (Phi) is 3.13. The average Bonchev–Trinajstić information content (AvgIpc) is 2.28. The van der Waals surface area contributed by atoms with E-state index in [0.717, 1.165) is 12.0 Å². The summed E-state index contributed by atoms with van der Waals surface area (Å²) in [5.41, 5.74) is 5.88. The van der Waals surface area contributed by atoms with E-state index in [9.17, 15) is 0 Å². The van der Waals surface area contributed by atoms with Gasteiger partial charge in [-0.3, -0.25) is 4.90 Å². The zero-order chi connectivity index (χ0) is 9.30. The lowest BCUT2D eigenvalue weighted by atomic mass is 10.1. The molecule has 0 bridgehead atoms. The van der Waals surface area contributed by atoms with Crippen molar-refractivity contribution in [1.29, 1.82) is 0 Å². The highest BCUT2D eigenvalue weighted by molar-refractivity contribution is 4.86. The highest BCUT2D eigenvalue weighted by Gasteiger charge is 2.30. The van der Waals surface area contributed by atoms with Crippen molar-refractivity contribution in [2.24, 2.45) is 11.7 Å². The van der Waals surface area contributed by atoms with Gasteiger partial charge in [0.25, 0.3) is 0 Å². The van der Waals surface area contributed by atoms with E-state index < -0.39 is 0 Å². The van der Waals surface area contributed by atoms with E-state index in [0.29, 0.717) is 6.04 Å². The fourth-order valence-corrected chi connectivity index (χ4v) is 2.20. The molecule has 4 atom stereocenters. The summed E-state index contributed by atoms with van der Waals surface area (Å²) < 4.78 is 0. The summed E-state index contributed by atoms with van der Waals surface area (Å²) in [4.78, 5) is 2.54. The van der Waals surface area contributed by atoms with Gasteiger partial charge in [0.05, 0.1) is 0 Å². The van der Waals surface area contributed by atoms with Crippen molar-refractivity contribution in [3.05, 3.63) is 0 Å². The molecule has 2 nitrogen and oxygen atoms in total. The van der Waals surface area contributed by atoms with Gasteiger partial charge in [0.15, 0.2) is 0 Å². The van der Waals surface area contributed by atoms with Crippen LogP contribution in [0.3, 0.4) is 0 Å². The number of nitrogens with zero attached hydrogens (tertiary/aromatic N) is 1. The topological polar surface area (TPSA) is 29.3 Å². The summed E-state index contributed by atoms with van der Waals surface area (Å²) in [6.45, 7) is 10.2. The van der Waals surface area contributed by atoms with Crippen molar-refractivity contribution in [2.75, 3.05) is 6.54 Å². The standard InChI is InChI=1S/C10H22N2/c1-7-5-8(2)12(6-7)10(4)9(3)11/h7-10H,5-6,11H2,1-4H3. The van der Waals surface area contributed by atoms with E-state index in [-0.39, 0.29) is 6.04 Å². The van der Waals surface area contributed by atoms with Crippen LogP contribution in [0.25, 0.3) is 0 Å². The first-order valence-electron chi connectivity index (χ1n) is 5.03. The van der Waals surface area contributed by atoms with Crippen LogP contribution in [-0.2, 0) is 0 Å². The summed E-state index contributed by atoms with van der Waals surface area (Å²) >= 11 is 0. The van der Waals surface area contributed by atoms with Crippen LogP contribution >= 0.6 is 0 Å². The van der Waals surface area contributed by atoms with E-state index >= 15 is 0 Å². The molecule has 2 N–H and O–H groups in total. The van der Waals surface area contributed by atoms with Gasteiger partial charge in [-0.2, -0.15) is 0 Å². The second-order valence-electron chi connectivity index (χ2n) is 4.49. The summed E-state index contributed by atoms with van der Waals surface area (Å²) in [5.74, 6) is 0.848. The zero-order valence-corrected chi connectivity index (χ0v) is 8.75. The van der Waals surface area contributed by atoms with Gasteiger partial charge in [-0.05, 0) is 33.1 Å². The maximum Gasteiger partial charge on any atom is 0.0219 e. The predicted molar refractivity (Wildman–Crippen MR) is 53.1 cm³/mol. The van der Waals surface area contributed by atoms with E-state index in [1.54, 1.807) is 0 Å². The van der Waals surface area contributed by atoms with Crippen LogP contribution in [-0.4, -0.2) is 29.6 Å². The molecular formula is C10H22N2. The number of rotatable bonds is 2. The molecule has 1 aliphatic rings. The quantitative estimate of drug-likeness (QED) is 0.679. The Labute approximate surface area is 76.1 Å². The average molecular weight is 170 g/mol. The Bertz CT molecular complexity index is 145. The second-order valence-corrected chi connectivity index (χ2v) is 4.49. The number of hydrogen-bond acceptors (Lipinski definition) is 2. The molecule has 0 aliphatic carbocycles. The first kappa shape index (κ1) is 10.0. The smallest absolute Gasteiger partial charge is 0.0219 e. The molecule has 0 aromatic rings. The predicted octanol–water partition coefficient (Wildman–Crippen LogP) is 1.45. The summed E-state index contributed by atoms with van der Waals surface area (Å²) in [5, 5.41) is 0. The molecule has 72 valence electrons.